The van der Waals surface area contributed by atoms with Crippen LogP contribution in [0.1, 0.15) is 68.1 Å². The van der Waals surface area contributed by atoms with Gasteiger partial charge in [-0.2, -0.15) is 0 Å². The first-order chi connectivity index (χ1) is 24.7. The Bertz CT molecular complexity index is 1780. The molecule has 0 bridgehead atoms. The molecule has 52 heavy (non-hydrogen) atoms. The van der Waals surface area contributed by atoms with Gasteiger partial charge in [0.15, 0.2) is 6.10 Å². The fourth-order valence-electron chi connectivity index (χ4n) is 6.20. The molecule has 0 radical (unpaired) electrons. The Morgan fingerprint density at radius 2 is 1.77 bits per heavy atom. The second-order valence-corrected chi connectivity index (χ2v) is 16.7. The molecule has 2 aliphatic rings. The summed E-state index contributed by atoms with van der Waals surface area (Å²) < 4.78 is 36.6. The number of sulfone groups is 1. The molecule has 1 aromatic heterocycles. The number of halogens is 1. The zero-order valence-corrected chi connectivity index (χ0v) is 31.0. The van der Waals surface area contributed by atoms with Gasteiger partial charge < -0.3 is 39.9 Å². The highest BCUT2D eigenvalue weighted by molar-refractivity contribution is 7.90. The van der Waals surface area contributed by atoms with Crippen LogP contribution >= 0.6 is 11.6 Å². The van der Waals surface area contributed by atoms with Crippen LogP contribution in [0.3, 0.4) is 0 Å². The molecule has 0 spiro atoms. The highest BCUT2D eigenvalue weighted by Crippen LogP contribution is 2.53. The van der Waals surface area contributed by atoms with Gasteiger partial charge in [-0.3, -0.25) is 9.78 Å². The zero-order chi connectivity index (χ0) is 37.6. The highest BCUT2D eigenvalue weighted by Gasteiger charge is 2.48. The topological polar surface area (TPSA) is 187 Å². The Kier molecular flexibility index (Phi) is 13.4. The minimum Gasteiger partial charge on any atom is -0.490 e. The first kappa shape index (κ1) is 40.1. The second-order valence-electron chi connectivity index (χ2n) is 14.0. The number of aliphatic hydroxyl groups is 5. The summed E-state index contributed by atoms with van der Waals surface area (Å²) in [6, 6.07) is 15.8. The van der Waals surface area contributed by atoms with Crippen molar-refractivity contribution in [3.05, 3.63) is 82.6 Å². The van der Waals surface area contributed by atoms with Gasteiger partial charge in [-0.25, -0.2) is 8.42 Å². The van der Waals surface area contributed by atoms with Crippen molar-refractivity contribution < 1.29 is 48.2 Å². The van der Waals surface area contributed by atoms with Gasteiger partial charge in [-0.05, 0) is 79.3 Å². The van der Waals surface area contributed by atoms with E-state index in [-0.39, 0.29) is 37.5 Å². The normalized spacial score (nSPS) is 18.2. The van der Waals surface area contributed by atoms with Crippen molar-refractivity contribution in [3.8, 4) is 16.9 Å². The third-order valence-electron chi connectivity index (χ3n) is 9.77. The molecule has 3 aromatic rings. The van der Waals surface area contributed by atoms with E-state index in [1.807, 2.05) is 55.6 Å². The van der Waals surface area contributed by atoms with Gasteiger partial charge >= 0.3 is 0 Å². The first-order valence-electron chi connectivity index (χ1n) is 17.7. The molecule has 5 N–H and O–H groups in total. The average molecular weight is 761 g/mol. The number of aliphatic hydroxyl groups excluding tert-OH is 5. The molecule has 14 heteroatoms. The molecule has 2 saturated carbocycles. The van der Waals surface area contributed by atoms with E-state index in [1.54, 1.807) is 6.20 Å². The number of carbonyl (C=O) groups is 1. The van der Waals surface area contributed by atoms with Gasteiger partial charge in [0.1, 0.15) is 33.9 Å². The van der Waals surface area contributed by atoms with Crippen LogP contribution in [-0.2, 0) is 31.6 Å². The van der Waals surface area contributed by atoms with E-state index >= 15 is 0 Å². The van der Waals surface area contributed by atoms with Crippen molar-refractivity contribution in [2.24, 2.45) is 0 Å². The summed E-state index contributed by atoms with van der Waals surface area (Å²) >= 11 is 6.66. The summed E-state index contributed by atoms with van der Waals surface area (Å²) in [7, 11) is -3.47. The number of pyridine rings is 1. The van der Waals surface area contributed by atoms with Crippen molar-refractivity contribution in [2.75, 3.05) is 31.7 Å². The number of aromatic nitrogens is 1. The van der Waals surface area contributed by atoms with Gasteiger partial charge in [0, 0.05) is 47.9 Å². The van der Waals surface area contributed by atoms with E-state index in [1.165, 1.54) is 0 Å². The maximum atomic E-state index is 13.1. The summed E-state index contributed by atoms with van der Waals surface area (Å²) in [6.07, 6.45) is 1.74. The van der Waals surface area contributed by atoms with Crippen LogP contribution in [0.4, 0.5) is 0 Å². The van der Waals surface area contributed by atoms with Gasteiger partial charge in [0.2, 0.25) is 0 Å². The standard InChI is InChI=1S/C38H49ClN2O10S/c1-24(6-5-17-41(18-19-52(2,48)49)37(47)36(46)35(45)34(44)32(43)22-42)25-9-12-31(39)26(20-25)23-50-38(14-15-38)30-21-40-16-13-28(30)29-7-3-4-8-33(29)51-27-10-11-27/h3-4,7-9,12-13,16,20-21,24,27,32,34-36,42-46H,5-6,10-11,14-15,17-19,22-23H2,1-2H3/t24?,32-,34+,35-,36-/m0/s1. The molecule has 1 unspecified atom stereocenters. The lowest BCUT2D eigenvalue weighted by Gasteiger charge is -2.30. The molecular formula is C38H49ClN2O10S. The summed E-state index contributed by atoms with van der Waals surface area (Å²) in [4.78, 5) is 18.7. The van der Waals surface area contributed by atoms with Crippen molar-refractivity contribution in [1.29, 1.82) is 0 Å². The predicted octanol–water partition coefficient (Wildman–Crippen LogP) is 3.34. The summed E-state index contributed by atoms with van der Waals surface area (Å²) in [5.41, 5.74) is 4.36. The predicted molar refractivity (Wildman–Crippen MR) is 196 cm³/mol. The minimum atomic E-state index is -3.47. The average Bonchev–Trinajstić information content (AvgIpc) is 4.08. The highest BCUT2D eigenvalue weighted by atomic mass is 35.5. The molecule has 0 aliphatic heterocycles. The molecule has 2 aromatic carbocycles. The van der Waals surface area contributed by atoms with E-state index < -0.39 is 52.4 Å². The van der Waals surface area contributed by atoms with Gasteiger partial charge in [0.25, 0.3) is 5.91 Å². The summed E-state index contributed by atoms with van der Waals surface area (Å²) in [6.45, 7) is 1.22. The first-order valence-corrected chi connectivity index (χ1v) is 20.1. The maximum Gasteiger partial charge on any atom is 0.254 e. The Labute approximate surface area is 309 Å². The van der Waals surface area contributed by atoms with Crippen LogP contribution in [0.2, 0.25) is 5.02 Å². The number of nitrogens with zero attached hydrogens (tertiary/aromatic N) is 2. The van der Waals surface area contributed by atoms with Gasteiger partial charge in [0.05, 0.1) is 30.7 Å². The lowest BCUT2D eigenvalue weighted by molar-refractivity contribution is -0.158. The number of ether oxygens (including phenoxy) is 2. The SMILES string of the molecule is CC(CCCN(CCS(C)(=O)=O)C(=O)[C@@H](O)[C@@H](O)[C@H](O)[C@@H](O)CO)c1ccc(Cl)c(COC2(c3cnccc3-c3ccccc3OC3CC3)CC2)c1. The van der Waals surface area contributed by atoms with Gasteiger partial charge in [-0.15, -0.1) is 0 Å². The lowest BCUT2D eigenvalue weighted by atomic mass is 9.94. The molecule has 5 rings (SSSR count). The second kappa shape index (κ2) is 17.3. The van der Waals surface area contributed by atoms with Crippen molar-refractivity contribution >= 4 is 27.3 Å². The van der Waals surface area contributed by atoms with E-state index in [0.29, 0.717) is 17.9 Å². The zero-order valence-electron chi connectivity index (χ0n) is 29.5. The van der Waals surface area contributed by atoms with Crippen LogP contribution in [-0.4, -0.2) is 112 Å². The molecule has 2 aliphatic carbocycles. The van der Waals surface area contributed by atoms with Crippen LogP contribution in [0.5, 0.6) is 5.75 Å². The Morgan fingerprint density at radius 3 is 2.44 bits per heavy atom. The Hall–Kier alpha value is -3.14. The molecule has 1 heterocycles. The summed E-state index contributed by atoms with van der Waals surface area (Å²) in [5.74, 6) is -0.514. The van der Waals surface area contributed by atoms with E-state index in [9.17, 15) is 33.6 Å². The van der Waals surface area contributed by atoms with Gasteiger partial charge in [-0.1, -0.05) is 48.9 Å². The number of hydrogen-bond donors (Lipinski definition) is 5. The smallest absolute Gasteiger partial charge is 0.254 e. The molecule has 0 saturated heterocycles. The number of carbonyl (C=O) groups excluding carboxylic acids is 1. The number of rotatable bonds is 20. The van der Waals surface area contributed by atoms with Crippen LogP contribution in [0, 0.1) is 0 Å². The molecular weight excluding hydrogens is 712 g/mol. The molecule has 12 nitrogen and oxygen atoms in total. The number of para-hydroxylation sites is 1. The largest absolute Gasteiger partial charge is 0.490 e. The Morgan fingerprint density at radius 1 is 1.04 bits per heavy atom. The van der Waals surface area contributed by atoms with Crippen LogP contribution in [0.25, 0.3) is 11.1 Å². The number of amides is 1. The molecule has 1 amide bonds. The molecule has 2 fully saturated rings. The Balaban J connectivity index is 1.23. The van der Waals surface area contributed by atoms with E-state index in [2.05, 4.69) is 11.1 Å². The van der Waals surface area contributed by atoms with E-state index in [4.69, 9.17) is 26.2 Å². The third kappa shape index (κ3) is 10.3. The van der Waals surface area contributed by atoms with Crippen molar-refractivity contribution in [2.45, 2.75) is 94.1 Å². The monoisotopic (exact) mass is 760 g/mol. The molecule has 284 valence electrons. The molecule has 5 atom stereocenters. The lowest BCUT2D eigenvalue weighted by Crippen LogP contribution is -2.53. The fourth-order valence-corrected chi connectivity index (χ4v) is 6.93. The number of benzene rings is 2. The third-order valence-corrected chi connectivity index (χ3v) is 11.1. The van der Waals surface area contributed by atoms with Crippen molar-refractivity contribution in [1.82, 2.24) is 9.88 Å². The maximum absolute atomic E-state index is 13.1. The quantitative estimate of drug-likeness (QED) is 0.114. The van der Waals surface area contributed by atoms with E-state index in [0.717, 1.165) is 70.4 Å². The fraction of sp³-hybridized carbons (Fsp3) is 0.526. The minimum absolute atomic E-state index is 0.00249. The number of hydrogen-bond acceptors (Lipinski definition) is 11. The van der Waals surface area contributed by atoms with Crippen LogP contribution in [0.15, 0.2) is 60.9 Å². The van der Waals surface area contributed by atoms with Crippen molar-refractivity contribution in [3.63, 3.8) is 0 Å². The summed E-state index contributed by atoms with van der Waals surface area (Å²) in [5, 5.41) is 50.0. The van der Waals surface area contributed by atoms with Crippen LogP contribution < -0.4 is 4.74 Å².